The fraction of sp³-hybridized carbons (Fsp3) is 0.643. The highest BCUT2D eigenvalue weighted by Crippen LogP contribution is 2.26. The molecule has 2 rings (SSSR count). The minimum absolute atomic E-state index is 0.0909. The van der Waals surface area contributed by atoms with Crippen LogP contribution in [0.4, 0.5) is 0 Å². The molecule has 0 radical (unpaired) electrons. The van der Waals surface area contributed by atoms with Crippen molar-refractivity contribution < 1.29 is 0 Å². The van der Waals surface area contributed by atoms with E-state index in [1.807, 2.05) is 24.5 Å². The molecule has 0 atom stereocenters. The zero-order valence-corrected chi connectivity index (χ0v) is 11.2. The Balaban J connectivity index is 2.74. The lowest BCUT2D eigenvalue weighted by Gasteiger charge is -2.24. The number of pyridine rings is 1. The van der Waals surface area contributed by atoms with Gasteiger partial charge in [0.2, 0.25) is 0 Å². The van der Waals surface area contributed by atoms with Gasteiger partial charge < -0.3 is 10.3 Å². The van der Waals surface area contributed by atoms with E-state index >= 15 is 0 Å². The van der Waals surface area contributed by atoms with Gasteiger partial charge in [0, 0.05) is 22.8 Å². The molecule has 1 aliphatic rings. The molecule has 1 heterocycles. The van der Waals surface area contributed by atoms with Crippen molar-refractivity contribution in [3.8, 4) is 0 Å². The summed E-state index contributed by atoms with van der Waals surface area (Å²) in [4.78, 5) is 12.5. The van der Waals surface area contributed by atoms with Gasteiger partial charge in [0.15, 0.2) is 0 Å². The first-order valence-electron chi connectivity index (χ1n) is 6.39. The third kappa shape index (κ3) is 2.04. The molecule has 2 N–H and O–H groups in total. The molecule has 0 unspecified atom stereocenters. The van der Waals surface area contributed by atoms with Crippen molar-refractivity contribution in [2.75, 3.05) is 0 Å². The quantitative estimate of drug-likeness (QED) is 0.852. The fourth-order valence-corrected chi connectivity index (χ4v) is 2.68. The van der Waals surface area contributed by atoms with Crippen LogP contribution in [0.1, 0.15) is 57.0 Å². The molecule has 0 aliphatic heterocycles. The molecule has 0 amide bonds. The van der Waals surface area contributed by atoms with Crippen LogP contribution in [0, 0.1) is 0 Å². The Hall–Kier alpha value is -1.09. The summed E-state index contributed by atoms with van der Waals surface area (Å²) in [5.74, 6) is 0. The smallest absolute Gasteiger partial charge is 0.256 e. The summed E-state index contributed by atoms with van der Waals surface area (Å²) in [6.07, 6.45) is 3.25. The number of nitrogens with two attached hydrogens (primary N) is 1. The molecule has 1 aromatic rings. The summed E-state index contributed by atoms with van der Waals surface area (Å²) in [7, 11) is 0. The van der Waals surface area contributed by atoms with Crippen LogP contribution in [0.15, 0.2) is 10.9 Å². The highest BCUT2D eigenvalue weighted by Gasteiger charge is 2.26. The Kier molecular flexibility index (Phi) is 2.90. The molecule has 3 heteroatoms. The minimum Gasteiger partial charge on any atom is -0.322 e. The molecular formula is C14H22N2O. The number of aromatic nitrogens is 1. The first-order chi connectivity index (χ1) is 7.82. The van der Waals surface area contributed by atoms with E-state index in [4.69, 9.17) is 5.73 Å². The topological polar surface area (TPSA) is 48.0 Å². The zero-order valence-electron chi connectivity index (χ0n) is 11.2. The third-order valence-electron chi connectivity index (χ3n) is 3.50. The maximum absolute atomic E-state index is 12.5. The van der Waals surface area contributed by atoms with Crippen LogP contribution in [0.5, 0.6) is 0 Å². The van der Waals surface area contributed by atoms with Gasteiger partial charge in [0.05, 0.1) is 0 Å². The summed E-state index contributed by atoms with van der Waals surface area (Å²) in [6.45, 7) is 7.92. The maximum atomic E-state index is 12.5. The van der Waals surface area contributed by atoms with E-state index < -0.39 is 5.54 Å². The molecule has 0 fully saturated rings. The molecule has 0 saturated heterocycles. The van der Waals surface area contributed by atoms with Crippen molar-refractivity contribution in [2.45, 2.75) is 58.5 Å². The molecule has 94 valence electrons. The van der Waals surface area contributed by atoms with E-state index in [1.165, 1.54) is 11.3 Å². The van der Waals surface area contributed by atoms with E-state index in [2.05, 4.69) is 13.8 Å². The van der Waals surface area contributed by atoms with Gasteiger partial charge in [-0.1, -0.05) is 0 Å². The molecule has 0 spiro atoms. The van der Waals surface area contributed by atoms with Crippen molar-refractivity contribution in [3.05, 3.63) is 33.2 Å². The largest absolute Gasteiger partial charge is 0.322 e. The van der Waals surface area contributed by atoms with Gasteiger partial charge >= 0.3 is 0 Å². The highest BCUT2D eigenvalue weighted by atomic mass is 16.1. The average molecular weight is 234 g/mol. The maximum Gasteiger partial charge on any atom is 0.256 e. The summed E-state index contributed by atoms with van der Waals surface area (Å²) in [5.41, 5.74) is 8.91. The number of nitrogens with zero attached hydrogens (tertiary/aromatic N) is 1. The molecular weight excluding hydrogens is 212 g/mol. The number of aryl methyl sites for hydroxylation is 1. The summed E-state index contributed by atoms with van der Waals surface area (Å²) in [5, 5.41) is 0. The van der Waals surface area contributed by atoms with Gasteiger partial charge in [-0.3, -0.25) is 4.79 Å². The average Bonchev–Trinajstić information content (AvgIpc) is 2.61. The zero-order chi connectivity index (χ0) is 12.8. The van der Waals surface area contributed by atoms with E-state index in [9.17, 15) is 4.79 Å². The van der Waals surface area contributed by atoms with Crippen LogP contribution in [0.3, 0.4) is 0 Å². The second-order valence-corrected chi connectivity index (χ2v) is 5.87. The predicted molar refractivity (Wildman–Crippen MR) is 70.3 cm³/mol. The number of rotatable bonds is 2. The molecule has 1 aromatic heterocycles. The van der Waals surface area contributed by atoms with Crippen molar-refractivity contribution in [1.82, 2.24) is 4.57 Å². The molecule has 0 bridgehead atoms. The van der Waals surface area contributed by atoms with Crippen LogP contribution in [-0.4, -0.2) is 4.57 Å². The van der Waals surface area contributed by atoms with Crippen molar-refractivity contribution >= 4 is 0 Å². The van der Waals surface area contributed by atoms with E-state index in [0.717, 1.165) is 24.8 Å². The molecule has 3 nitrogen and oxygen atoms in total. The Morgan fingerprint density at radius 3 is 2.53 bits per heavy atom. The SMILES string of the molecule is CC(C)n1c2c(cc(C(C)(C)N)c1=O)CCC2. The minimum atomic E-state index is -0.564. The monoisotopic (exact) mass is 234 g/mol. The van der Waals surface area contributed by atoms with Crippen molar-refractivity contribution in [1.29, 1.82) is 0 Å². The second kappa shape index (κ2) is 3.98. The van der Waals surface area contributed by atoms with Gasteiger partial charge in [-0.25, -0.2) is 0 Å². The molecule has 0 saturated carbocycles. The standard InChI is InChI=1S/C14H22N2O/c1-9(2)16-12-7-5-6-10(12)8-11(13(16)17)14(3,4)15/h8-9H,5-7,15H2,1-4H3. The Labute approximate surface area is 103 Å². The highest BCUT2D eigenvalue weighted by molar-refractivity contribution is 5.33. The Bertz CT molecular complexity index is 492. The number of hydrogen-bond donors (Lipinski definition) is 1. The normalized spacial score (nSPS) is 15.4. The molecule has 17 heavy (non-hydrogen) atoms. The van der Waals surface area contributed by atoms with Gasteiger partial charge in [0.25, 0.3) is 5.56 Å². The number of hydrogen-bond acceptors (Lipinski definition) is 2. The van der Waals surface area contributed by atoms with E-state index in [0.29, 0.717) is 0 Å². The van der Waals surface area contributed by atoms with E-state index in [1.54, 1.807) is 0 Å². The van der Waals surface area contributed by atoms with Crippen LogP contribution in [-0.2, 0) is 18.4 Å². The van der Waals surface area contributed by atoms with E-state index in [-0.39, 0.29) is 11.6 Å². The first-order valence-corrected chi connectivity index (χ1v) is 6.39. The fourth-order valence-electron chi connectivity index (χ4n) is 2.68. The first kappa shape index (κ1) is 12.4. The lowest BCUT2D eigenvalue weighted by Crippen LogP contribution is -2.39. The van der Waals surface area contributed by atoms with Crippen LogP contribution < -0.4 is 11.3 Å². The summed E-state index contributed by atoms with van der Waals surface area (Å²) in [6, 6.07) is 2.24. The predicted octanol–water partition coefficient (Wildman–Crippen LogP) is 2.11. The van der Waals surface area contributed by atoms with Gasteiger partial charge in [-0.05, 0) is 58.6 Å². The second-order valence-electron chi connectivity index (χ2n) is 5.87. The van der Waals surface area contributed by atoms with Crippen molar-refractivity contribution in [3.63, 3.8) is 0 Å². The van der Waals surface area contributed by atoms with Crippen LogP contribution in [0.25, 0.3) is 0 Å². The van der Waals surface area contributed by atoms with Gasteiger partial charge in [0.1, 0.15) is 0 Å². The third-order valence-corrected chi connectivity index (χ3v) is 3.50. The lowest BCUT2D eigenvalue weighted by molar-refractivity contribution is 0.504. The van der Waals surface area contributed by atoms with Crippen molar-refractivity contribution in [2.24, 2.45) is 5.73 Å². The number of fused-ring (bicyclic) bond motifs is 1. The lowest BCUT2D eigenvalue weighted by atomic mass is 9.94. The van der Waals surface area contributed by atoms with Crippen LogP contribution in [0.2, 0.25) is 0 Å². The van der Waals surface area contributed by atoms with Gasteiger partial charge in [-0.15, -0.1) is 0 Å². The van der Waals surface area contributed by atoms with Crippen LogP contribution >= 0.6 is 0 Å². The Morgan fingerprint density at radius 2 is 2.00 bits per heavy atom. The molecule has 0 aromatic carbocycles. The summed E-state index contributed by atoms with van der Waals surface area (Å²) >= 11 is 0. The Morgan fingerprint density at radius 1 is 1.35 bits per heavy atom. The molecule has 1 aliphatic carbocycles. The summed E-state index contributed by atoms with van der Waals surface area (Å²) < 4.78 is 1.94. The van der Waals surface area contributed by atoms with Gasteiger partial charge in [-0.2, -0.15) is 0 Å².